The lowest BCUT2D eigenvalue weighted by molar-refractivity contribution is 0.0573. The molecule has 6 nitrogen and oxygen atoms in total. The van der Waals surface area contributed by atoms with E-state index in [-0.39, 0.29) is 30.1 Å². The first-order valence-electron chi connectivity index (χ1n) is 8.48. The van der Waals surface area contributed by atoms with Gasteiger partial charge in [-0.1, -0.05) is 13.8 Å². The number of rotatable bonds is 6. The maximum atomic E-state index is 12.7. The monoisotopic (exact) mass is 389 g/mol. The van der Waals surface area contributed by atoms with E-state index in [0.717, 1.165) is 12.8 Å². The highest BCUT2D eigenvalue weighted by Gasteiger charge is 2.29. The van der Waals surface area contributed by atoms with Crippen molar-refractivity contribution in [3.05, 3.63) is 29.8 Å². The third-order valence-electron chi connectivity index (χ3n) is 4.39. The third-order valence-corrected chi connectivity index (χ3v) is 5.88. The summed E-state index contributed by atoms with van der Waals surface area (Å²) in [7, 11) is -3.32. The van der Waals surface area contributed by atoms with Crippen molar-refractivity contribution in [1.29, 1.82) is 0 Å². The zero-order valence-corrected chi connectivity index (χ0v) is 16.4. The number of piperidine rings is 1. The first kappa shape index (κ1) is 21.7. The Morgan fingerprint density at radius 3 is 2.52 bits per heavy atom. The summed E-state index contributed by atoms with van der Waals surface area (Å²) in [6, 6.07) is 6.66. The summed E-state index contributed by atoms with van der Waals surface area (Å²) in [6.07, 6.45) is 2.47. The molecule has 2 rings (SSSR count). The summed E-state index contributed by atoms with van der Waals surface area (Å²) < 4.78 is 26.1. The Kier molecular flexibility index (Phi) is 8.18. The van der Waals surface area contributed by atoms with Crippen LogP contribution in [0.25, 0.3) is 0 Å². The van der Waals surface area contributed by atoms with E-state index < -0.39 is 10.0 Å². The molecule has 1 aromatic rings. The number of nitrogens with two attached hydrogens (primary N) is 1. The van der Waals surface area contributed by atoms with Crippen LogP contribution in [0.15, 0.2) is 24.3 Å². The molecule has 1 amide bonds. The van der Waals surface area contributed by atoms with Gasteiger partial charge in [-0.3, -0.25) is 9.52 Å². The predicted octanol–water partition coefficient (Wildman–Crippen LogP) is 2.46. The van der Waals surface area contributed by atoms with Gasteiger partial charge < -0.3 is 10.6 Å². The average molecular weight is 390 g/mol. The van der Waals surface area contributed by atoms with Crippen LogP contribution in [0.3, 0.4) is 0 Å². The van der Waals surface area contributed by atoms with Crippen molar-refractivity contribution in [2.24, 2.45) is 11.7 Å². The number of halogens is 1. The molecule has 8 heteroatoms. The summed E-state index contributed by atoms with van der Waals surface area (Å²) in [5.74, 6) is 0.621. The number of carbonyl (C=O) groups excluding carboxylic acids is 1. The molecule has 1 aliphatic rings. The zero-order chi connectivity index (χ0) is 17.7. The Labute approximate surface area is 156 Å². The Bertz CT molecular complexity index is 664. The number of amides is 1. The average Bonchev–Trinajstić information content (AvgIpc) is 2.54. The van der Waals surface area contributed by atoms with E-state index in [1.54, 1.807) is 24.3 Å². The SMILES string of the molecule is CCCS(=O)(=O)Nc1ccc(C(=O)N2CCC(C)CC2CN)cc1.Cl. The first-order chi connectivity index (χ1) is 11.4. The normalized spacial score (nSPS) is 20.7. The van der Waals surface area contributed by atoms with Gasteiger partial charge in [0.15, 0.2) is 0 Å². The number of likely N-dealkylation sites (tertiary alicyclic amines) is 1. The molecule has 1 heterocycles. The quantitative estimate of drug-likeness (QED) is 0.781. The van der Waals surface area contributed by atoms with Crippen molar-refractivity contribution < 1.29 is 13.2 Å². The second kappa shape index (κ2) is 9.40. The van der Waals surface area contributed by atoms with Gasteiger partial charge >= 0.3 is 0 Å². The van der Waals surface area contributed by atoms with Gasteiger partial charge in [0.2, 0.25) is 10.0 Å². The molecule has 1 fully saturated rings. The smallest absolute Gasteiger partial charge is 0.254 e. The van der Waals surface area contributed by atoms with Crippen molar-refractivity contribution in [3.8, 4) is 0 Å². The number of hydrogen-bond donors (Lipinski definition) is 2. The molecule has 1 aromatic carbocycles. The molecular weight excluding hydrogens is 362 g/mol. The van der Waals surface area contributed by atoms with Crippen LogP contribution < -0.4 is 10.5 Å². The molecule has 0 aromatic heterocycles. The maximum Gasteiger partial charge on any atom is 0.254 e. The van der Waals surface area contributed by atoms with Crippen LogP contribution in [0.2, 0.25) is 0 Å². The fourth-order valence-corrected chi connectivity index (χ4v) is 4.22. The molecule has 2 atom stereocenters. The van der Waals surface area contributed by atoms with Gasteiger partial charge in [0.05, 0.1) is 5.75 Å². The van der Waals surface area contributed by atoms with E-state index in [1.807, 2.05) is 11.8 Å². The largest absolute Gasteiger partial charge is 0.334 e. The van der Waals surface area contributed by atoms with Gasteiger partial charge in [-0.25, -0.2) is 8.42 Å². The van der Waals surface area contributed by atoms with Crippen molar-refractivity contribution in [3.63, 3.8) is 0 Å². The molecule has 25 heavy (non-hydrogen) atoms. The fourth-order valence-electron chi connectivity index (χ4n) is 3.09. The molecule has 3 N–H and O–H groups in total. The number of benzene rings is 1. The molecule has 0 bridgehead atoms. The predicted molar refractivity (Wildman–Crippen MR) is 104 cm³/mol. The molecular formula is C17H28ClN3O3S. The van der Waals surface area contributed by atoms with Crippen LogP contribution >= 0.6 is 12.4 Å². The summed E-state index contributed by atoms with van der Waals surface area (Å²) in [5.41, 5.74) is 6.85. The maximum absolute atomic E-state index is 12.7. The van der Waals surface area contributed by atoms with Crippen LogP contribution in [0.1, 0.15) is 43.5 Å². The van der Waals surface area contributed by atoms with E-state index >= 15 is 0 Å². The molecule has 0 radical (unpaired) electrons. The van der Waals surface area contributed by atoms with E-state index in [1.165, 1.54) is 0 Å². The lowest BCUT2D eigenvalue weighted by Crippen LogP contribution is -2.49. The summed E-state index contributed by atoms with van der Waals surface area (Å²) in [4.78, 5) is 14.5. The highest BCUT2D eigenvalue weighted by molar-refractivity contribution is 7.92. The number of hydrogen-bond acceptors (Lipinski definition) is 4. The minimum absolute atomic E-state index is 0. The molecule has 142 valence electrons. The highest BCUT2D eigenvalue weighted by atomic mass is 35.5. The number of anilines is 1. The standard InChI is InChI=1S/C17H27N3O3S.ClH/c1-3-10-24(22,23)19-15-6-4-14(5-7-15)17(21)20-9-8-13(2)11-16(20)12-18;/h4-7,13,16,19H,3,8-12,18H2,1-2H3;1H. The van der Waals surface area contributed by atoms with Crippen LogP contribution in [0.5, 0.6) is 0 Å². The summed E-state index contributed by atoms with van der Waals surface area (Å²) >= 11 is 0. The van der Waals surface area contributed by atoms with E-state index in [4.69, 9.17) is 5.73 Å². The Morgan fingerprint density at radius 2 is 1.96 bits per heavy atom. The number of sulfonamides is 1. The van der Waals surface area contributed by atoms with E-state index in [2.05, 4.69) is 11.6 Å². The number of carbonyl (C=O) groups is 1. The second-order valence-electron chi connectivity index (χ2n) is 6.52. The Balaban J connectivity index is 0.00000312. The minimum Gasteiger partial charge on any atom is -0.334 e. The number of nitrogens with zero attached hydrogens (tertiary/aromatic N) is 1. The molecule has 1 aliphatic heterocycles. The third kappa shape index (κ3) is 5.87. The summed E-state index contributed by atoms with van der Waals surface area (Å²) in [6.45, 7) is 5.17. The minimum atomic E-state index is -3.32. The van der Waals surface area contributed by atoms with Crippen molar-refractivity contribution in [2.45, 2.75) is 39.2 Å². The van der Waals surface area contributed by atoms with Gasteiger partial charge in [-0.15, -0.1) is 12.4 Å². The van der Waals surface area contributed by atoms with Crippen LogP contribution in [-0.2, 0) is 10.0 Å². The van der Waals surface area contributed by atoms with Crippen LogP contribution in [0, 0.1) is 5.92 Å². The lowest BCUT2D eigenvalue weighted by Gasteiger charge is -2.38. The molecule has 0 spiro atoms. The van der Waals surface area contributed by atoms with Gasteiger partial charge in [0.1, 0.15) is 0 Å². The van der Waals surface area contributed by atoms with Crippen LogP contribution in [0.4, 0.5) is 5.69 Å². The molecule has 0 aliphatic carbocycles. The van der Waals surface area contributed by atoms with Crippen molar-refractivity contribution >= 4 is 34.0 Å². The zero-order valence-electron chi connectivity index (χ0n) is 14.8. The first-order valence-corrected chi connectivity index (χ1v) is 10.1. The van der Waals surface area contributed by atoms with Gasteiger partial charge in [0.25, 0.3) is 5.91 Å². The van der Waals surface area contributed by atoms with Crippen molar-refractivity contribution in [2.75, 3.05) is 23.6 Å². The Morgan fingerprint density at radius 1 is 1.32 bits per heavy atom. The van der Waals surface area contributed by atoms with E-state index in [0.29, 0.717) is 36.7 Å². The lowest BCUT2D eigenvalue weighted by atomic mass is 9.92. The fraction of sp³-hybridized carbons (Fsp3) is 0.588. The highest BCUT2D eigenvalue weighted by Crippen LogP contribution is 2.24. The topological polar surface area (TPSA) is 92.5 Å². The Hall–Kier alpha value is -1.31. The second-order valence-corrected chi connectivity index (χ2v) is 8.36. The van der Waals surface area contributed by atoms with Crippen molar-refractivity contribution in [1.82, 2.24) is 4.90 Å². The van der Waals surface area contributed by atoms with Gasteiger partial charge in [-0.05, 0) is 49.4 Å². The molecule has 0 saturated carbocycles. The molecule has 2 unspecified atom stereocenters. The van der Waals surface area contributed by atoms with Gasteiger partial charge in [0, 0.05) is 30.4 Å². The molecule has 1 saturated heterocycles. The van der Waals surface area contributed by atoms with Crippen LogP contribution in [-0.4, -0.2) is 44.1 Å². The van der Waals surface area contributed by atoms with E-state index in [9.17, 15) is 13.2 Å². The van der Waals surface area contributed by atoms with Gasteiger partial charge in [-0.2, -0.15) is 0 Å². The summed E-state index contributed by atoms with van der Waals surface area (Å²) in [5, 5.41) is 0. The number of nitrogens with one attached hydrogen (secondary N) is 1.